The number of alkyl halides is 7. The number of nitro groups is 1. The Bertz CT molecular complexity index is 714. The maximum Gasteiger partial charge on any atom is 0.460 e. The molecule has 1 aromatic rings. The number of non-ortho nitro benzene ring substituents is 1. The average molecular weight is 403 g/mol. The van der Waals surface area contributed by atoms with Crippen LogP contribution in [0.3, 0.4) is 0 Å². The van der Waals surface area contributed by atoms with Gasteiger partial charge in [-0.1, -0.05) is 0 Å². The standard InChI is InChI=1S/C14H12F7N3O3/c15-12(16,13(17,18)14(19,20)21)11(25)23-7-5-22(6-8-23)9-1-3-10(4-2-9)24(26)27/h1-4H,5-8H2. The second-order valence-electron chi connectivity index (χ2n) is 5.70. The fourth-order valence-electron chi connectivity index (χ4n) is 2.46. The van der Waals surface area contributed by atoms with Crippen molar-refractivity contribution >= 4 is 17.3 Å². The molecule has 0 spiro atoms. The molecule has 0 bridgehead atoms. The number of amides is 1. The van der Waals surface area contributed by atoms with Gasteiger partial charge in [-0.2, -0.15) is 30.7 Å². The number of hydrogen-bond acceptors (Lipinski definition) is 4. The number of halogens is 7. The third kappa shape index (κ3) is 3.76. The predicted molar refractivity (Wildman–Crippen MR) is 77.8 cm³/mol. The highest BCUT2D eigenvalue weighted by molar-refractivity contribution is 5.85. The van der Waals surface area contributed by atoms with Gasteiger partial charge in [0.15, 0.2) is 0 Å². The normalized spacial score (nSPS) is 16.4. The van der Waals surface area contributed by atoms with E-state index in [1.807, 2.05) is 0 Å². The first-order valence-corrected chi connectivity index (χ1v) is 7.40. The van der Waals surface area contributed by atoms with Gasteiger partial charge >= 0.3 is 18.0 Å². The Hall–Kier alpha value is -2.60. The van der Waals surface area contributed by atoms with Crippen LogP contribution in [0, 0.1) is 10.1 Å². The van der Waals surface area contributed by atoms with Gasteiger partial charge in [0.1, 0.15) is 0 Å². The lowest BCUT2D eigenvalue weighted by Crippen LogP contribution is -2.62. The molecular formula is C14H12F7N3O3. The molecule has 1 saturated heterocycles. The van der Waals surface area contributed by atoms with Crippen LogP contribution in [0.1, 0.15) is 0 Å². The number of rotatable bonds is 4. The number of anilines is 1. The second-order valence-corrected chi connectivity index (χ2v) is 5.70. The van der Waals surface area contributed by atoms with Crippen molar-refractivity contribution in [1.82, 2.24) is 4.90 Å². The number of nitro benzene ring substituents is 1. The Morgan fingerprint density at radius 2 is 1.41 bits per heavy atom. The van der Waals surface area contributed by atoms with E-state index in [-0.39, 0.29) is 23.7 Å². The summed E-state index contributed by atoms with van der Waals surface area (Å²) in [6.07, 6.45) is -6.58. The van der Waals surface area contributed by atoms with Crippen molar-refractivity contribution < 1.29 is 40.5 Å². The highest BCUT2D eigenvalue weighted by Crippen LogP contribution is 2.47. The SMILES string of the molecule is O=C(N1CCN(c2ccc([N+](=O)[O-])cc2)CC1)C(F)(F)C(F)(F)C(F)(F)F. The zero-order valence-electron chi connectivity index (χ0n) is 13.3. The van der Waals surface area contributed by atoms with Gasteiger partial charge in [-0.25, -0.2) is 0 Å². The minimum atomic E-state index is -6.58. The quantitative estimate of drug-likeness (QED) is 0.440. The van der Waals surface area contributed by atoms with E-state index in [0.29, 0.717) is 5.69 Å². The topological polar surface area (TPSA) is 66.7 Å². The van der Waals surface area contributed by atoms with Crippen molar-refractivity contribution in [2.75, 3.05) is 31.1 Å². The Labute approximate surface area is 147 Å². The smallest absolute Gasteiger partial charge is 0.368 e. The van der Waals surface area contributed by atoms with Crippen LogP contribution in [-0.2, 0) is 4.79 Å². The molecule has 1 aliphatic rings. The third-order valence-corrected chi connectivity index (χ3v) is 4.01. The molecule has 150 valence electrons. The molecule has 0 radical (unpaired) electrons. The monoisotopic (exact) mass is 403 g/mol. The highest BCUT2D eigenvalue weighted by atomic mass is 19.4. The third-order valence-electron chi connectivity index (χ3n) is 4.01. The molecule has 1 fully saturated rings. The summed E-state index contributed by atoms with van der Waals surface area (Å²) < 4.78 is 89.4. The minimum Gasteiger partial charge on any atom is -0.368 e. The largest absolute Gasteiger partial charge is 0.460 e. The van der Waals surface area contributed by atoms with Crippen LogP contribution in [0.2, 0.25) is 0 Å². The van der Waals surface area contributed by atoms with Crippen LogP contribution in [0.5, 0.6) is 0 Å². The number of hydrogen-bond donors (Lipinski definition) is 0. The maximum absolute atomic E-state index is 13.5. The number of carbonyl (C=O) groups excluding carboxylic acids is 1. The van der Waals surface area contributed by atoms with E-state index in [0.717, 1.165) is 0 Å². The molecule has 1 amide bonds. The predicted octanol–water partition coefficient (Wildman–Crippen LogP) is 3.08. The van der Waals surface area contributed by atoms with E-state index in [4.69, 9.17) is 0 Å². The van der Waals surface area contributed by atoms with Crippen molar-refractivity contribution in [2.24, 2.45) is 0 Å². The highest BCUT2D eigenvalue weighted by Gasteiger charge is 2.76. The first-order chi connectivity index (χ1) is 12.3. The molecule has 1 aliphatic heterocycles. The molecule has 0 saturated carbocycles. The molecule has 0 unspecified atom stereocenters. The first kappa shape index (κ1) is 20.7. The summed E-state index contributed by atoms with van der Waals surface area (Å²) in [6, 6.07) is 5.10. The van der Waals surface area contributed by atoms with Crippen LogP contribution < -0.4 is 4.90 Å². The first-order valence-electron chi connectivity index (χ1n) is 7.40. The zero-order chi connectivity index (χ0) is 20.6. The fraction of sp³-hybridized carbons (Fsp3) is 0.500. The Balaban J connectivity index is 2.06. The summed E-state index contributed by atoms with van der Waals surface area (Å²) in [5.41, 5.74) is 0.252. The lowest BCUT2D eigenvalue weighted by Gasteiger charge is -2.38. The number of nitrogens with zero attached hydrogens (tertiary/aromatic N) is 3. The van der Waals surface area contributed by atoms with Crippen molar-refractivity contribution in [2.45, 2.75) is 18.0 Å². The van der Waals surface area contributed by atoms with Crippen molar-refractivity contribution in [3.8, 4) is 0 Å². The molecule has 2 rings (SSSR count). The van der Waals surface area contributed by atoms with Crippen LogP contribution in [0.25, 0.3) is 0 Å². The lowest BCUT2D eigenvalue weighted by molar-refractivity contribution is -0.384. The molecule has 0 aromatic heterocycles. The Kier molecular flexibility index (Phi) is 5.25. The maximum atomic E-state index is 13.5. The minimum absolute atomic E-state index is 0.128. The molecule has 0 atom stereocenters. The van der Waals surface area contributed by atoms with Crippen LogP contribution in [-0.4, -0.2) is 59.9 Å². The summed E-state index contributed by atoms with van der Waals surface area (Å²) in [5.74, 6) is -15.0. The molecule has 27 heavy (non-hydrogen) atoms. The Morgan fingerprint density at radius 1 is 0.926 bits per heavy atom. The number of carbonyl (C=O) groups is 1. The van der Waals surface area contributed by atoms with Crippen molar-refractivity contribution in [3.05, 3.63) is 34.4 Å². The van der Waals surface area contributed by atoms with E-state index in [9.17, 15) is 45.6 Å². The summed E-state index contributed by atoms with van der Waals surface area (Å²) in [6.45, 7) is -1.28. The van der Waals surface area contributed by atoms with Crippen LogP contribution in [0.4, 0.5) is 42.1 Å². The van der Waals surface area contributed by atoms with Gasteiger partial charge in [-0.15, -0.1) is 0 Å². The summed E-state index contributed by atoms with van der Waals surface area (Å²) in [7, 11) is 0. The zero-order valence-corrected chi connectivity index (χ0v) is 13.3. The lowest BCUT2D eigenvalue weighted by atomic mass is 10.1. The van der Waals surface area contributed by atoms with Gasteiger partial charge in [-0.3, -0.25) is 14.9 Å². The second kappa shape index (κ2) is 6.85. The molecule has 13 heteroatoms. The summed E-state index contributed by atoms with van der Waals surface area (Å²) >= 11 is 0. The molecule has 1 aromatic carbocycles. The van der Waals surface area contributed by atoms with Gasteiger partial charge in [0.25, 0.3) is 11.6 Å². The summed E-state index contributed by atoms with van der Waals surface area (Å²) in [5, 5.41) is 10.6. The van der Waals surface area contributed by atoms with Gasteiger partial charge in [-0.05, 0) is 12.1 Å². The molecular weight excluding hydrogens is 391 g/mol. The average Bonchev–Trinajstić information content (AvgIpc) is 2.60. The van der Waals surface area contributed by atoms with Gasteiger partial charge in [0, 0.05) is 44.0 Å². The van der Waals surface area contributed by atoms with Crippen LogP contribution >= 0.6 is 0 Å². The molecule has 0 aliphatic carbocycles. The molecule has 1 heterocycles. The fourth-order valence-corrected chi connectivity index (χ4v) is 2.46. The van der Waals surface area contributed by atoms with Gasteiger partial charge in [0.2, 0.25) is 0 Å². The summed E-state index contributed by atoms with van der Waals surface area (Å²) in [4.78, 5) is 23.3. The number of benzene rings is 1. The van der Waals surface area contributed by atoms with E-state index < -0.39 is 41.9 Å². The number of piperazine rings is 1. The molecule has 0 N–H and O–H groups in total. The van der Waals surface area contributed by atoms with Crippen molar-refractivity contribution in [1.29, 1.82) is 0 Å². The Morgan fingerprint density at radius 3 is 1.81 bits per heavy atom. The van der Waals surface area contributed by atoms with E-state index in [1.54, 1.807) is 0 Å². The van der Waals surface area contributed by atoms with E-state index >= 15 is 0 Å². The van der Waals surface area contributed by atoms with Crippen molar-refractivity contribution in [3.63, 3.8) is 0 Å². The van der Waals surface area contributed by atoms with Gasteiger partial charge in [0.05, 0.1) is 4.92 Å². The van der Waals surface area contributed by atoms with E-state index in [1.165, 1.54) is 29.2 Å². The molecule has 6 nitrogen and oxygen atoms in total. The van der Waals surface area contributed by atoms with Gasteiger partial charge < -0.3 is 9.80 Å². The van der Waals surface area contributed by atoms with E-state index in [2.05, 4.69) is 0 Å². The van der Waals surface area contributed by atoms with Crippen LogP contribution in [0.15, 0.2) is 24.3 Å².